The normalized spacial score (nSPS) is 12.0. The van der Waals surface area contributed by atoms with Gasteiger partial charge in [-0.05, 0) is 91.6 Å². The molecule has 326 valence electrons. The van der Waals surface area contributed by atoms with E-state index in [9.17, 15) is 0 Å². The summed E-state index contributed by atoms with van der Waals surface area (Å²) in [7, 11) is 0. The van der Waals surface area contributed by atoms with Crippen molar-refractivity contribution < 1.29 is 8.83 Å². The Hall–Kier alpha value is -9.38. The van der Waals surface area contributed by atoms with Crippen molar-refractivity contribution in [3.63, 3.8) is 0 Å². The molecule has 0 N–H and O–H groups in total. The molecular weight excluding hydrogens is 853 g/mol. The van der Waals surface area contributed by atoms with Crippen molar-refractivity contribution in [3.8, 4) is 0 Å². The van der Waals surface area contributed by atoms with E-state index in [2.05, 4.69) is 252 Å². The highest BCUT2D eigenvalue weighted by Gasteiger charge is 2.26. The Kier molecular flexibility index (Phi) is 8.33. The molecule has 0 aliphatic heterocycles. The molecule has 0 unspecified atom stereocenters. The van der Waals surface area contributed by atoms with Crippen LogP contribution in [0.5, 0.6) is 0 Å². The standard InChI is InChI=1S/C66H40N2O2/c1-3-21-43(22-4-1)67(57-35-41-19-7-9-25-45(41)47-27-11-13-29-49(47)57)59-39-63-65(53-33-17-15-31-51(53)59)55-37-62-56(38-61(55)69-63)66-54-34-18-16-32-52(54)60(40-64(66)70-62)68(44-23-5-2-6-24-44)58-36-42-20-8-10-26-46(42)48-28-12-14-30-50(48)58/h1-40H. The van der Waals surface area contributed by atoms with Crippen LogP contribution < -0.4 is 9.80 Å². The highest BCUT2D eigenvalue weighted by molar-refractivity contribution is 6.29. The third-order valence-corrected chi connectivity index (χ3v) is 14.5. The maximum Gasteiger partial charge on any atom is 0.138 e. The molecule has 0 amide bonds. The van der Waals surface area contributed by atoms with E-state index in [4.69, 9.17) is 8.83 Å². The van der Waals surface area contributed by atoms with Gasteiger partial charge in [-0.3, -0.25) is 0 Å². The minimum atomic E-state index is 0.816. The van der Waals surface area contributed by atoms with Crippen LogP contribution in [0.15, 0.2) is 251 Å². The minimum Gasteiger partial charge on any atom is -0.456 e. The van der Waals surface area contributed by atoms with Crippen molar-refractivity contribution >= 4 is 143 Å². The van der Waals surface area contributed by atoms with Gasteiger partial charge in [0.05, 0.1) is 22.7 Å². The Balaban J connectivity index is 0.973. The molecule has 2 aromatic heterocycles. The highest BCUT2D eigenvalue weighted by Crippen LogP contribution is 2.51. The quantitative estimate of drug-likeness (QED) is 0.156. The van der Waals surface area contributed by atoms with Crippen LogP contribution >= 0.6 is 0 Å². The van der Waals surface area contributed by atoms with Gasteiger partial charge in [-0.2, -0.15) is 0 Å². The Morgan fingerprint density at radius 2 is 0.514 bits per heavy atom. The fourth-order valence-corrected chi connectivity index (χ4v) is 11.5. The Bertz CT molecular complexity index is 4310. The number of hydrogen-bond acceptors (Lipinski definition) is 4. The van der Waals surface area contributed by atoms with Gasteiger partial charge < -0.3 is 18.6 Å². The number of anilines is 6. The van der Waals surface area contributed by atoms with E-state index in [1.165, 1.54) is 43.1 Å². The van der Waals surface area contributed by atoms with E-state index in [-0.39, 0.29) is 0 Å². The zero-order valence-corrected chi connectivity index (χ0v) is 37.8. The Morgan fingerprint density at radius 3 is 0.914 bits per heavy atom. The number of benzene rings is 13. The lowest BCUT2D eigenvalue weighted by Gasteiger charge is -2.28. The molecule has 0 radical (unpaired) electrons. The molecule has 4 heteroatoms. The number of hydrogen-bond donors (Lipinski definition) is 0. The van der Waals surface area contributed by atoms with Crippen molar-refractivity contribution in [3.05, 3.63) is 243 Å². The number of nitrogens with zero attached hydrogens (tertiary/aromatic N) is 2. The molecule has 15 rings (SSSR count). The molecule has 0 saturated carbocycles. The monoisotopic (exact) mass is 892 g/mol. The molecule has 0 fully saturated rings. The lowest BCUT2D eigenvalue weighted by atomic mass is 9.96. The number of rotatable bonds is 6. The predicted molar refractivity (Wildman–Crippen MR) is 295 cm³/mol. The van der Waals surface area contributed by atoms with E-state index in [1.54, 1.807) is 0 Å². The summed E-state index contributed by atoms with van der Waals surface area (Å²) in [6.45, 7) is 0. The first-order valence-electron chi connectivity index (χ1n) is 23.9. The van der Waals surface area contributed by atoms with Gasteiger partial charge in [0, 0.05) is 66.6 Å². The molecule has 0 bridgehead atoms. The van der Waals surface area contributed by atoms with Gasteiger partial charge >= 0.3 is 0 Å². The third-order valence-electron chi connectivity index (χ3n) is 14.5. The summed E-state index contributed by atoms with van der Waals surface area (Å²) in [5, 5.41) is 18.3. The van der Waals surface area contributed by atoms with Gasteiger partial charge in [0.1, 0.15) is 22.3 Å². The lowest BCUT2D eigenvalue weighted by molar-refractivity contribution is 0.664. The second-order valence-electron chi connectivity index (χ2n) is 18.3. The largest absolute Gasteiger partial charge is 0.456 e. The molecule has 0 atom stereocenters. The molecule has 0 aliphatic rings. The van der Waals surface area contributed by atoms with Crippen LogP contribution in [0.3, 0.4) is 0 Å². The van der Waals surface area contributed by atoms with Crippen LogP contribution in [0, 0.1) is 0 Å². The fourth-order valence-electron chi connectivity index (χ4n) is 11.5. The predicted octanol–water partition coefficient (Wildman–Crippen LogP) is 19.3. The summed E-state index contributed by atoms with van der Waals surface area (Å²) in [4.78, 5) is 4.82. The second-order valence-corrected chi connectivity index (χ2v) is 18.3. The minimum absolute atomic E-state index is 0.816. The Labute approximate surface area is 402 Å². The summed E-state index contributed by atoms with van der Waals surface area (Å²) in [6.07, 6.45) is 0. The van der Waals surface area contributed by atoms with Gasteiger partial charge in [0.2, 0.25) is 0 Å². The van der Waals surface area contributed by atoms with E-state index >= 15 is 0 Å². The first-order valence-corrected chi connectivity index (χ1v) is 23.9. The van der Waals surface area contributed by atoms with Crippen molar-refractivity contribution in [2.24, 2.45) is 0 Å². The van der Waals surface area contributed by atoms with Crippen LogP contribution in [-0.4, -0.2) is 0 Å². The number of para-hydroxylation sites is 2. The van der Waals surface area contributed by atoms with Gasteiger partial charge in [0.15, 0.2) is 0 Å². The van der Waals surface area contributed by atoms with Gasteiger partial charge in [-0.15, -0.1) is 0 Å². The summed E-state index contributed by atoms with van der Waals surface area (Å²) >= 11 is 0. The van der Waals surface area contributed by atoms with Crippen molar-refractivity contribution in [1.82, 2.24) is 0 Å². The van der Waals surface area contributed by atoms with Crippen molar-refractivity contribution in [1.29, 1.82) is 0 Å². The summed E-state index contributed by atoms with van der Waals surface area (Å²) in [5.41, 5.74) is 9.71. The zero-order valence-electron chi connectivity index (χ0n) is 37.8. The number of fused-ring (bicyclic) bond motifs is 16. The summed E-state index contributed by atoms with van der Waals surface area (Å²) in [5.74, 6) is 0. The summed E-state index contributed by atoms with van der Waals surface area (Å²) in [6, 6.07) is 87.3. The van der Waals surface area contributed by atoms with Crippen LogP contribution in [0.4, 0.5) is 34.1 Å². The van der Waals surface area contributed by atoms with Crippen molar-refractivity contribution in [2.75, 3.05) is 9.80 Å². The maximum atomic E-state index is 7.10. The summed E-state index contributed by atoms with van der Waals surface area (Å²) < 4.78 is 14.2. The molecule has 15 aromatic rings. The first kappa shape index (κ1) is 38.7. The van der Waals surface area contributed by atoms with E-state index < -0.39 is 0 Å². The van der Waals surface area contributed by atoms with Crippen LogP contribution in [0.1, 0.15) is 0 Å². The van der Waals surface area contributed by atoms with E-state index in [0.717, 1.165) is 99.5 Å². The molecule has 0 aliphatic carbocycles. The lowest BCUT2D eigenvalue weighted by Crippen LogP contribution is -2.11. The van der Waals surface area contributed by atoms with Gasteiger partial charge in [0.25, 0.3) is 0 Å². The van der Waals surface area contributed by atoms with Crippen LogP contribution in [0.25, 0.3) is 109 Å². The topological polar surface area (TPSA) is 32.8 Å². The zero-order chi connectivity index (χ0) is 45.9. The first-order chi connectivity index (χ1) is 34.7. The maximum absolute atomic E-state index is 7.10. The highest BCUT2D eigenvalue weighted by atomic mass is 16.3. The average Bonchev–Trinajstić information content (AvgIpc) is 3.98. The smallest absolute Gasteiger partial charge is 0.138 e. The molecule has 2 heterocycles. The average molecular weight is 893 g/mol. The van der Waals surface area contributed by atoms with Crippen molar-refractivity contribution in [2.45, 2.75) is 0 Å². The van der Waals surface area contributed by atoms with Gasteiger partial charge in [-0.1, -0.05) is 182 Å². The SMILES string of the molecule is c1ccc(N(c2cc3ccccc3c3ccccc23)c2cc3oc4cc5c(cc4c3c3ccccc23)oc2cc(N(c3ccccc3)c3cc4ccccc4c4ccccc34)c3ccccc3c25)cc1. The molecule has 13 aromatic carbocycles. The second kappa shape index (κ2) is 15.1. The molecule has 70 heavy (non-hydrogen) atoms. The van der Waals surface area contributed by atoms with Crippen LogP contribution in [-0.2, 0) is 0 Å². The fraction of sp³-hybridized carbons (Fsp3) is 0. The number of furan rings is 2. The third kappa shape index (κ3) is 5.71. The van der Waals surface area contributed by atoms with E-state index in [1.807, 2.05) is 0 Å². The molecule has 0 spiro atoms. The van der Waals surface area contributed by atoms with E-state index in [0.29, 0.717) is 0 Å². The molecule has 0 saturated heterocycles. The Morgan fingerprint density at radius 1 is 0.214 bits per heavy atom. The molecule has 4 nitrogen and oxygen atoms in total. The van der Waals surface area contributed by atoms with Crippen LogP contribution in [0.2, 0.25) is 0 Å². The molecular formula is C66H40N2O2. The van der Waals surface area contributed by atoms with Gasteiger partial charge in [-0.25, -0.2) is 0 Å².